The number of hydrogen-bond donors (Lipinski definition) is 1. The zero-order valence-electron chi connectivity index (χ0n) is 12.1. The van der Waals surface area contributed by atoms with E-state index >= 15 is 0 Å². The number of fused-ring (bicyclic) bond motifs is 1. The quantitative estimate of drug-likeness (QED) is 0.871. The number of nitrogen functional groups attached to an aromatic ring is 1. The van der Waals surface area contributed by atoms with Crippen LogP contribution in [-0.4, -0.2) is 30.5 Å². The molecule has 0 bridgehead atoms. The maximum Gasteiger partial charge on any atom is 0.260 e. The van der Waals surface area contributed by atoms with Gasteiger partial charge in [0, 0.05) is 29.5 Å². The van der Waals surface area contributed by atoms with E-state index in [4.69, 9.17) is 10.5 Å². The van der Waals surface area contributed by atoms with Crippen molar-refractivity contribution in [3.63, 3.8) is 0 Å². The number of benzene rings is 2. The molecule has 0 radical (unpaired) electrons. The van der Waals surface area contributed by atoms with E-state index in [0.717, 1.165) is 10.8 Å². The van der Waals surface area contributed by atoms with Gasteiger partial charge in [-0.05, 0) is 26.0 Å². The average Bonchev–Trinajstić information content (AvgIpc) is 2.45. The maximum atomic E-state index is 11.9. The second kappa shape index (κ2) is 5.82. The van der Waals surface area contributed by atoms with Crippen LogP contribution in [0.3, 0.4) is 0 Å². The molecule has 1 amide bonds. The highest BCUT2D eigenvalue weighted by molar-refractivity contribution is 5.97. The predicted molar refractivity (Wildman–Crippen MR) is 81.8 cm³/mol. The Balaban J connectivity index is 2.19. The Morgan fingerprint density at radius 1 is 1.20 bits per heavy atom. The Morgan fingerprint density at radius 3 is 2.50 bits per heavy atom. The predicted octanol–water partition coefficient (Wildman–Crippen LogP) is 2.67. The second-order valence-corrected chi connectivity index (χ2v) is 5.09. The fraction of sp³-hybridized carbons (Fsp3) is 0.312. The highest BCUT2D eigenvalue weighted by Gasteiger charge is 2.13. The lowest BCUT2D eigenvalue weighted by Gasteiger charge is -2.21. The van der Waals surface area contributed by atoms with Crippen molar-refractivity contribution in [1.29, 1.82) is 0 Å². The fourth-order valence-electron chi connectivity index (χ4n) is 1.95. The third-order valence-electron chi connectivity index (χ3n) is 3.44. The molecule has 0 atom stereocenters. The molecule has 20 heavy (non-hydrogen) atoms. The summed E-state index contributed by atoms with van der Waals surface area (Å²) in [5.74, 6) is 0.640. The van der Waals surface area contributed by atoms with Gasteiger partial charge >= 0.3 is 0 Å². The van der Waals surface area contributed by atoms with Gasteiger partial charge in [0.1, 0.15) is 5.75 Å². The molecule has 0 heterocycles. The second-order valence-electron chi connectivity index (χ2n) is 5.09. The van der Waals surface area contributed by atoms with Crippen molar-refractivity contribution in [2.75, 3.05) is 19.4 Å². The number of rotatable bonds is 4. The Morgan fingerprint density at radius 2 is 1.85 bits per heavy atom. The molecule has 106 valence electrons. The smallest absolute Gasteiger partial charge is 0.260 e. The summed E-state index contributed by atoms with van der Waals surface area (Å²) < 4.78 is 5.66. The highest BCUT2D eigenvalue weighted by atomic mass is 16.5. The van der Waals surface area contributed by atoms with Crippen LogP contribution in [0.2, 0.25) is 0 Å². The third kappa shape index (κ3) is 2.85. The van der Waals surface area contributed by atoms with Gasteiger partial charge in [-0.1, -0.05) is 24.3 Å². The molecule has 0 saturated carbocycles. The molecule has 0 unspecified atom stereocenters. The monoisotopic (exact) mass is 272 g/mol. The molecule has 2 rings (SSSR count). The van der Waals surface area contributed by atoms with Gasteiger partial charge in [-0.2, -0.15) is 0 Å². The minimum Gasteiger partial charge on any atom is -0.483 e. The number of ether oxygens (including phenoxy) is 1. The zero-order valence-corrected chi connectivity index (χ0v) is 12.1. The topological polar surface area (TPSA) is 55.6 Å². The van der Waals surface area contributed by atoms with Crippen molar-refractivity contribution in [2.45, 2.75) is 19.9 Å². The van der Waals surface area contributed by atoms with Gasteiger partial charge in [0.15, 0.2) is 6.61 Å². The van der Waals surface area contributed by atoms with Gasteiger partial charge in [0.05, 0.1) is 0 Å². The lowest BCUT2D eigenvalue weighted by molar-refractivity contribution is -0.133. The molecule has 4 heteroatoms. The van der Waals surface area contributed by atoms with E-state index in [0.29, 0.717) is 11.4 Å². The number of carbonyl (C=O) groups is 1. The number of nitrogens with zero attached hydrogens (tertiary/aromatic N) is 1. The van der Waals surface area contributed by atoms with Gasteiger partial charge in [0.2, 0.25) is 0 Å². The van der Waals surface area contributed by atoms with E-state index in [-0.39, 0.29) is 18.6 Å². The van der Waals surface area contributed by atoms with E-state index in [1.807, 2.05) is 38.1 Å². The first kappa shape index (κ1) is 14.2. The summed E-state index contributed by atoms with van der Waals surface area (Å²) in [5.41, 5.74) is 6.65. The van der Waals surface area contributed by atoms with Crippen molar-refractivity contribution in [1.82, 2.24) is 4.90 Å². The lowest BCUT2D eigenvalue weighted by Crippen LogP contribution is -2.36. The van der Waals surface area contributed by atoms with Crippen molar-refractivity contribution < 1.29 is 9.53 Å². The van der Waals surface area contributed by atoms with Gasteiger partial charge in [0.25, 0.3) is 5.91 Å². The van der Waals surface area contributed by atoms with E-state index < -0.39 is 0 Å². The van der Waals surface area contributed by atoms with Crippen molar-refractivity contribution >= 4 is 22.4 Å². The molecular formula is C16H20N2O2. The van der Waals surface area contributed by atoms with E-state index in [9.17, 15) is 4.79 Å². The van der Waals surface area contributed by atoms with Gasteiger partial charge in [-0.3, -0.25) is 4.79 Å². The minimum absolute atomic E-state index is 0.0303. The largest absolute Gasteiger partial charge is 0.483 e. The van der Waals surface area contributed by atoms with Crippen LogP contribution in [0.1, 0.15) is 13.8 Å². The molecule has 0 fully saturated rings. The van der Waals surface area contributed by atoms with Crippen LogP contribution in [-0.2, 0) is 4.79 Å². The maximum absolute atomic E-state index is 11.9. The molecule has 0 aliphatic heterocycles. The Kier molecular flexibility index (Phi) is 4.13. The van der Waals surface area contributed by atoms with Crippen LogP contribution < -0.4 is 10.5 Å². The minimum atomic E-state index is -0.0408. The van der Waals surface area contributed by atoms with Gasteiger partial charge in [-0.15, -0.1) is 0 Å². The van der Waals surface area contributed by atoms with Crippen LogP contribution in [0.25, 0.3) is 10.8 Å². The summed E-state index contributed by atoms with van der Waals surface area (Å²) in [6.45, 7) is 3.97. The Labute approximate surface area is 119 Å². The summed E-state index contributed by atoms with van der Waals surface area (Å²) in [6, 6.07) is 11.5. The zero-order chi connectivity index (χ0) is 14.7. The number of amides is 1. The molecule has 2 N–H and O–H groups in total. The number of carbonyl (C=O) groups excluding carboxylic acids is 1. The van der Waals surface area contributed by atoms with Crippen molar-refractivity contribution in [3.8, 4) is 5.75 Å². The normalized spacial score (nSPS) is 10.8. The molecule has 2 aromatic rings. The highest BCUT2D eigenvalue weighted by Crippen LogP contribution is 2.29. The first-order chi connectivity index (χ1) is 9.50. The Bertz CT molecular complexity index is 623. The van der Waals surface area contributed by atoms with E-state index in [1.54, 1.807) is 24.1 Å². The summed E-state index contributed by atoms with van der Waals surface area (Å²) in [5, 5.41) is 1.86. The van der Waals surface area contributed by atoms with Crippen molar-refractivity contribution in [3.05, 3.63) is 36.4 Å². The van der Waals surface area contributed by atoms with Crippen LogP contribution >= 0.6 is 0 Å². The Hall–Kier alpha value is -2.23. The molecular weight excluding hydrogens is 252 g/mol. The van der Waals surface area contributed by atoms with Gasteiger partial charge < -0.3 is 15.4 Å². The number of hydrogen-bond acceptors (Lipinski definition) is 3. The van der Waals surface area contributed by atoms with Crippen molar-refractivity contribution in [2.24, 2.45) is 0 Å². The first-order valence-corrected chi connectivity index (χ1v) is 6.66. The average molecular weight is 272 g/mol. The molecule has 0 spiro atoms. The van der Waals surface area contributed by atoms with Crippen LogP contribution in [0.5, 0.6) is 5.75 Å². The molecule has 2 aromatic carbocycles. The van der Waals surface area contributed by atoms with E-state index in [1.165, 1.54) is 0 Å². The molecule has 0 aliphatic carbocycles. The molecule has 4 nitrogen and oxygen atoms in total. The third-order valence-corrected chi connectivity index (χ3v) is 3.44. The summed E-state index contributed by atoms with van der Waals surface area (Å²) in [4.78, 5) is 13.6. The SMILES string of the molecule is CC(C)N(C)C(=O)COc1ccc(N)c2ccccc12. The van der Waals surface area contributed by atoms with Crippen LogP contribution in [0.15, 0.2) is 36.4 Å². The number of likely N-dealkylation sites (N-methyl/N-ethyl adjacent to an activating group) is 1. The number of anilines is 1. The molecule has 0 aromatic heterocycles. The summed E-state index contributed by atoms with van der Waals surface area (Å²) >= 11 is 0. The number of nitrogens with two attached hydrogens (primary N) is 1. The molecule has 0 aliphatic rings. The van der Waals surface area contributed by atoms with Crippen LogP contribution in [0, 0.1) is 0 Å². The van der Waals surface area contributed by atoms with E-state index in [2.05, 4.69) is 0 Å². The summed E-state index contributed by atoms with van der Waals surface area (Å²) in [7, 11) is 1.78. The summed E-state index contributed by atoms with van der Waals surface area (Å²) in [6.07, 6.45) is 0. The first-order valence-electron chi connectivity index (χ1n) is 6.66. The molecule has 0 saturated heterocycles. The van der Waals surface area contributed by atoms with Gasteiger partial charge in [-0.25, -0.2) is 0 Å². The lowest BCUT2D eigenvalue weighted by atomic mass is 10.1. The van der Waals surface area contributed by atoms with Crippen LogP contribution in [0.4, 0.5) is 5.69 Å². The fourth-order valence-corrected chi connectivity index (χ4v) is 1.95. The standard InChI is InChI=1S/C16H20N2O2/c1-11(2)18(3)16(19)10-20-15-9-8-14(17)12-6-4-5-7-13(12)15/h4-9,11H,10,17H2,1-3H3.